The Hall–Kier alpha value is -3.13. The molecule has 3 aromatic rings. The van der Waals surface area contributed by atoms with E-state index in [2.05, 4.69) is 20.1 Å². The summed E-state index contributed by atoms with van der Waals surface area (Å²) < 4.78 is 7.45. The van der Waals surface area contributed by atoms with Crippen molar-refractivity contribution in [1.82, 2.24) is 19.7 Å². The van der Waals surface area contributed by atoms with E-state index in [0.29, 0.717) is 29.6 Å². The normalized spacial score (nSPS) is 18.5. The van der Waals surface area contributed by atoms with Gasteiger partial charge in [0.05, 0.1) is 23.7 Å². The van der Waals surface area contributed by atoms with Gasteiger partial charge in [0.1, 0.15) is 11.6 Å². The van der Waals surface area contributed by atoms with Crippen molar-refractivity contribution in [2.24, 2.45) is 5.92 Å². The molecule has 5 rings (SSSR count). The molecule has 0 bridgehead atoms. The molecule has 1 unspecified atom stereocenters. The van der Waals surface area contributed by atoms with E-state index in [9.17, 15) is 9.59 Å². The number of carbonyl (C=O) groups excluding carboxylic acids is 2. The minimum Gasteiger partial charge on any atom is -0.467 e. The van der Waals surface area contributed by atoms with Crippen molar-refractivity contribution in [1.29, 1.82) is 0 Å². The molecule has 2 aliphatic heterocycles. The number of aryl methyl sites for hydroxylation is 1. The number of carbonyl (C=O) groups is 2. The van der Waals surface area contributed by atoms with Crippen LogP contribution in [-0.4, -0.2) is 38.0 Å². The molecule has 2 aliphatic rings. The number of aromatic nitrogens is 3. The van der Waals surface area contributed by atoms with Crippen molar-refractivity contribution < 1.29 is 14.0 Å². The van der Waals surface area contributed by atoms with E-state index in [1.54, 1.807) is 29.4 Å². The number of nitrogens with zero attached hydrogens (tertiary/aromatic N) is 4. The summed E-state index contributed by atoms with van der Waals surface area (Å²) in [5, 5.41) is 12.2. The molecule has 1 saturated heterocycles. The standard InChI is InChI=1S/C23H24ClN5O3/c24-19-8-7-16(12-18(19)22-27-26-20-6-2-1-3-9-29(20)22)25-23(31)15-11-21(30)28(13-15)14-17-5-4-10-32-17/h4-5,7-8,10,12,15H,1-3,6,9,11,13-14H2,(H,25,31). The van der Waals surface area contributed by atoms with Crippen molar-refractivity contribution in [2.45, 2.75) is 45.2 Å². The van der Waals surface area contributed by atoms with Crippen LogP contribution in [0.15, 0.2) is 41.0 Å². The van der Waals surface area contributed by atoms with E-state index < -0.39 is 5.92 Å². The van der Waals surface area contributed by atoms with Crippen LogP contribution in [-0.2, 0) is 29.1 Å². The summed E-state index contributed by atoms with van der Waals surface area (Å²) in [5.74, 6) is 1.75. The van der Waals surface area contributed by atoms with Gasteiger partial charge in [0.2, 0.25) is 11.8 Å². The highest BCUT2D eigenvalue weighted by molar-refractivity contribution is 6.33. The first-order valence-electron chi connectivity index (χ1n) is 10.9. The van der Waals surface area contributed by atoms with Gasteiger partial charge < -0.3 is 19.2 Å². The number of fused-ring (bicyclic) bond motifs is 1. The Labute approximate surface area is 190 Å². The zero-order valence-electron chi connectivity index (χ0n) is 17.6. The van der Waals surface area contributed by atoms with Crippen LogP contribution in [0, 0.1) is 5.92 Å². The quantitative estimate of drug-likeness (QED) is 0.632. The van der Waals surface area contributed by atoms with Gasteiger partial charge in [0.15, 0.2) is 5.82 Å². The molecule has 0 spiro atoms. The Balaban J connectivity index is 1.31. The Morgan fingerprint density at radius 1 is 1.22 bits per heavy atom. The lowest BCUT2D eigenvalue weighted by molar-refractivity contribution is -0.128. The Bertz CT molecular complexity index is 1140. The van der Waals surface area contributed by atoms with E-state index in [4.69, 9.17) is 16.0 Å². The third kappa shape index (κ3) is 4.14. The van der Waals surface area contributed by atoms with Crippen molar-refractivity contribution in [3.63, 3.8) is 0 Å². The minimum atomic E-state index is -0.416. The van der Waals surface area contributed by atoms with Crippen molar-refractivity contribution in [3.05, 3.63) is 53.2 Å². The lowest BCUT2D eigenvalue weighted by atomic mass is 10.1. The molecule has 1 aromatic carbocycles. The van der Waals surface area contributed by atoms with Gasteiger partial charge in [-0.25, -0.2) is 0 Å². The Morgan fingerprint density at radius 2 is 2.12 bits per heavy atom. The fraction of sp³-hybridized carbons (Fsp3) is 0.391. The number of anilines is 1. The van der Waals surface area contributed by atoms with E-state index >= 15 is 0 Å². The number of nitrogens with one attached hydrogen (secondary N) is 1. The number of amides is 2. The number of halogens is 1. The predicted octanol–water partition coefficient (Wildman–Crippen LogP) is 3.91. The summed E-state index contributed by atoms with van der Waals surface area (Å²) in [5.41, 5.74) is 1.37. The predicted molar refractivity (Wildman–Crippen MR) is 119 cm³/mol. The zero-order chi connectivity index (χ0) is 22.1. The third-order valence-corrected chi connectivity index (χ3v) is 6.43. The first-order valence-corrected chi connectivity index (χ1v) is 11.3. The highest BCUT2D eigenvalue weighted by atomic mass is 35.5. The fourth-order valence-corrected chi connectivity index (χ4v) is 4.60. The van der Waals surface area contributed by atoms with Gasteiger partial charge in [-0.15, -0.1) is 10.2 Å². The maximum atomic E-state index is 12.9. The number of benzene rings is 1. The molecular weight excluding hydrogens is 430 g/mol. The highest BCUT2D eigenvalue weighted by Crippen LogP contribution is 2.32. The number of hydrogen-bond donors (Lipinski definition) is 1. The second-order valence-corrected chi connectivity index (χ2v) is 8.75. The number of likely N-dealkylation sites (tertiary alicyclic amines) is 1. The first-order chi connectivity index (χ1) is 15.6. The van der Waals surface area contributed by atoms with E-state index in [-0.39, 0.29) is 18.2 Å². The van der Waals surface area contributed by atoms with Crippen molar-refractivity contribution >= 4 is 29.1 Å². The average molecular weight is 454 g/mol. The molecule has 0 radical (unpaired) electrons. The molecule has 1 N–H and O–H groups in total. The maximum Gasteiger partial charge on any atom is 0.229 e. The monoisotopic (exact) mass is 453 g/mol. The molecule has 1 atom stereocenters. The summed E-state index contributed by atoms with van der Waals surface area (Å²) >= 11 is 6.49. The summed E-state index contributed by atoms with van der Waals surface area (Å²) in [7, 11) is 0. The third-order valence-electron chi connectivity index (χ3n) is 6.10. The Morgan fingerprint density at radius 3 is 2.97 bits per heavy atom. The second kappa shape index (κ2) is 8.78. The van der Waals surface area contributed by atoms with Gasteiger partial charge in [-0.05, 0) is 43.2 Å². The van der Waals surface area contributed by atoms with Crippen molar-refractivity contribution in [3.8, 4) is 11.4 Å². The smallest absolute Gasteiger partial charge is 0.229 e. The Kier molecular flexibility index (Phi) is 5.70. The van der Waals surface area contributed by atoms with Gasteiger partial charge in [-0.3, -0.25) is 9.59 Å². The molecule has 1 fully saturated rings. The van der Waals surface area contributed by atoms with Crippen LogP contribution in [0.2, 0.25) is 5.02 Å². The van der Waals surface area contributed by atoms with Crippen LogP contribution in [0.25, 0.3) is 11.4 Å². The molecule has 0 aliphatic carbocycles. The second-order valence-electron chi connectivity index (χ2n) is 8.34. The molecule has 9 heteroatoms. The SMILES string of the molecule is O=C(Nc1ccc(Cl)c(-c2nnc3n2CCCCC3)c1)C1CC(=O)N(Cc2ccco2)C1. The van der Waals surface area contributed by atoms with Gasteiger partial charge in [0.25, 0.3) is 0 Å². The number of furan rings is 1. The largest absolute Gasteiger partial charge is 0.467 e. The van der Waals surface area contributed by atoms with Gasteiger partial charge >= 0.3 is 0 Å². The van der Waals surface area contributed by atoms with Crippen LogP contribution >= 0.6 is 11.6 Å². The van der Waals surface area contributed by atoms with Crippen LogP contribution < -0.4 is 5.32 Å². The minimum absolute atomic E-state index is 0.0514. The molecule has 32 heavy (non-hydrogen) atoms. The van der Waals surface area contributed by atoms with Gasteiger partial charge in [0, 0.05) is 37.2 Å². The average Bonchev–Trinajstić information content (AvgIpc) is 3.48. The maximum absolute atomic E-state index is 12.9. The number of rotatable bonds is 5. The zero-order valence-corrected chi connectivity index (χ0v) is 18.3. The topological polar surface area (TPSA) is 93.3 Å². The molecule has 8 nitrogen and oxygen atoms in total. The molecule has 0 saturated carbocycles. The van der Waals surface area contributed by atoms with Crippen LogP contribution in [0.3, 0.4) is 0 Å². The summed E-state index contributed by atoms with van der Waals surface area (Å²) in [4.78, 5) is 26.9. The van der Waals surface area contributed by atoms with E-state index in [1.165, 1.54) is 6.42 Å². The molecule has 4 heterocycles. The van der Waals surface area contributed by atoms with Gasteiger partial charge in [-0.1, -0.05) is 18.0 Å². The van der Waals surface area contributed by atoms with Crippen LogP contribution in [0.1, 0.15) is 37.3 Å². The lowest BCUT2D eigenvalue weighted by Crippen LogP contribution is -2.27. The molecule has 2 aromatic heterocycles. The first kappa shape index (κ1) is 20.8. The summed E-state index contributed by atoms with van der Waals surface area (Å²) in [6, 6.07) is 8.96. The molecule has 166 valence electrons. The number of hydrogen-bond acceptors (Lipinski definition) is 5. The van der Waals surface area contributed by atoms with Crippen LogP contribution in [0.5, 0.6) is 0 Å². The fourth-order valence-electron chi connectivity index (χ4n) is 4.39. The van der Waals surface area contributed by atoms with E-state index in [1.807, 2.05) is 12.1 Å². The summed E-state index contributed by atoms with van der Waals surface area (Å²) in [6.45, 7) is 1.60. The van der Waals surface area contributed by atoms with Crippen molar-refractivity contribution in [2.75, 3.05) is 11.9 Å². The van der Waals surface area contributed by atoms with E-state index in [0.717, 1.165) is 43.0 Å². The summed E-state index contributed by atoms with van der Waals surface area (Å²) in [6.07, 6.45) is 6.03. The highest BCUT2D eigenvalue weighted by Gasteiger charge is 2.34. The molecular formula is C23H24ClN5O3. The van der Waals surface area contributed by atoms with Gasteiger partial charge in [-0.2, -0.15) is 0 Å². The lowest BCUT2D eigenvalue weighted by Gasteiger charge is -2.15. The molecule has 2 amide bonds. The van der Waals surface area contributed by atoms with Crippen LogP contribution in [0.4, 0.5) is 5.69 Å².